The van der Waals surface area contributed by atoms with Gasteiger partial charge in [0.25, 0.3) is 0 Å². The van der Waals surface area contributed by atoms with Crippen molar-refractivity contribution < 1.29 is 5.11 Å². The van der Waals surface area contributed by atoms with E-state index in [1.165, 1.54) is 11.3 Å². The van der Waals surface area contributed by atoms with Gasteiger partial charge in [-0.15, -0.1) is 11.3 Å². The second-order valence-corrected chi connectivity index (χ2v) is 5.97. The molecule has 1 heterocycles. The van der Waals surface area contributed by atoms with E-state index in [4.69, 9.17) is 11.6 Å². The van der Waals surface area contributed by atoms with Gasteiger partial charge in [0.15, 0.2) is 0 Å². The maximum absolute atomic E-state index is 10.1. The van der Waals surface area contributed by atoms with Gasteiger partial charge in [0.05, 0.1) is 22.2 Å². The number of aromatic nitrogens is 1. The Kier molecular flexibility index (Phi) is 4.20. The normalized spacial score (nSPS) is 12.7. The molecule has 0 amide bonds. The molecule has 1 aromatic heterocycles. The summed E-state index contributed by atoms with van der Waals surface area (Å²) in [5.41, 5.74) is 3.57. The maximum Gasteiger partial charge on any atom is 0.0941 e. The molecule has 0 fully saturated rings. The fourth-order valence-corrected chi connectivity index (χ4v) is 3.16. The van der Waals surface area contributed by atoms with Gasteiger partial charge >= 0.3 is 0 Å². The third-order valence-corrected chi connectivity index (χ3v) is 4.39. The molecule has 0 aliphatic rings. The second-order valence-electron chi connectivity index (χ2n) is 3.76. The summed E-state index contributed by atoms with van der Waals surface area (Å²) in [6, 6.07) is 5.68. The standard InChI is InChI=1S/C12H11BrClNOS/c1-7-12(17-6-15-7)11(16)4-8-2-3-9(13)5-10(8)14/h2-3,5-6,11,16H,4H2,1H3. The van der Waals surface area contributed by atoms with E-state index in [9.17, 15) is 5.11 Å². The average molecular weight is 333 g/mol. The highest BCUT2D eigenvalue weighted by molar-refractivity contribution is 9.10. The predicted molar refractivity (Wildman–Crippen MR) is 74.7 cm³/mol. The zero-order valence-corrected chi connectivity index (χ0v) is 12.3. The van der Waals surface area contributed by atoms with Crippen molar-refractivity contribution in [2.45, 2.75) is 19.4 Å². The highest BCUT2D eigenvalue weighted by Gasteiger charge is 2.15. The van der Waals surface area contributed by atoms with Crippen LogP contribution < -0.4 is 0 Å². The number of hydrogen-bond donors (Lipinski definition) is 1. The van der Waals surface area contributed by atoms with Gasteiger partial charge in [0.2, 0.25) is 0 Å². The fraction of sp³-hybridized carbons (Fsp3) is 0.250. The first-order valence-corrected chi connectivity index (χ1v) is 7.15. The van der Waals surface area contributed by atoms with Crippen LogP contribution in [0.3, 0.4) is 0 Å². The largest absolute Gasteiger partial charge is 0.387 e. The minimum Gasteiger partial charge on any atom is -0.387 e. The summed E-state index contributed by atoms with van der Waals surface area (Å²) in [6.07, 6.45) is -0.0315. The molecule has 17 heavy (non-hydrogen) atoms. The molecule has 2 rings (SSSR count). The van der Waals surface area contributed by atoms with Gasteiger partial charge in [0, 0.05) is 15.9 Å². The smallest absolute Gasteiger partial charge is 0.0941 e. The Morgan fingerprint density at radius 3 is 2.88 bits per heavy atom. The van der Waals surface area contributed by atoms with Gasteiger partial charge in [-0.2, -0.15) is 0 Å². The molecule has 0 saturated carbocycles. The Morgan fingerprint density at radius 1 is 1.53 bits per heavy atom. The SMILES string of the molecule is Cc1ncsc1C(O)Cc1ccc(Br)cc1Cl. The van der Waals surface area contributed by atoms with Crippen molar-refractivity contribution in [3.05, 3.63) is 49.3 Å². The monoisotopic (exact) mass is 331 g/mol. The second kappa shape index (κ2) is 5.48. The first-order chi connectivity index (χ1) is 8.08. The van der Waals surface area contributed by atoms with Gasteiger partial charge < -0.3 is 5.11 Å². The maximum atomic E-state index is 10.1. The van der Waals surface area contributed by atoms with Crippen LogP contribution in [-0.2, 0) is 6.42 Å². The molecule has 1 aromatic carbocycles. The molecule has 0 aliphatic carbocycles. The lowest BCUT2D eigenvalue weighted by atomic mass is 10.1. The Bertz CT molecular complexity index is 529. The zero-order chi connectivity index (χ0) is 12.4. The van der Waals surface area contributed by atoms with Crippen LogP contribution in [0.25, 0.3) is 0 Å². The van der Waals surface area contributed by atoms with Crippen molar-refractivity contribution in [1.82, 2.24) is 4.98 Å². The molecule has 1 atom stereocenters. The number of benzene rings is 1. The summed E-state index contributed by atoms with van der Waals surface area (Å²) in [6.45, 7) is 1.90. The molecule has 2 aromatic rings. The number of aliphatic hydroxyl groups is 1. The van der Waals surface area contributed by atoms with E-state index >= 15 is 0 Å². The van der Waals surface area contributed by atoms with Crippen LogP contribution in [0, 0.1) is 6.92 Å². The number of nitrogens with zero attached hydrogens (tertiary/aromatic N) is 1. The molecule has 0 spiro atoms. The fourth-order valence-electron chi connectivity index (χ4n) is 1.62. The van der Waals surface area contributed by atoms with Crippen molar-refractivity contribution in [2.24, 2.45) is 0 Å². The molecule has 0 radical (unpaired) electrons. The van der Waals surface area contributed by atoms with E-state index in [0.717, 1.165) is 20.6 Å². The Balaban J connectivity index is 2.19. The van der Waals surface area contributed by atoms with Crippen LogP contribution in [0.4, 0.5) is 0 Å². The summed E-state index contributed by atoms with van der Waals surface area (Å²) < 4.78 is 0.940. The van der Waals surface area contributed by atoms with E-state index in [2.05, 4.69) is 20.9 Å². The van der Waals surface area contributed by atoms with Gasteiger partial charge in [-0.05, 0) is 24.6 Å². The number of aliphatic hydroxyl groups excluding tert-OH is 1. The lowest BCUT2D eigenvalue weighted by Crippen LogP contribution is -2.02. The molecule has 90 valence electrons. The Labute approximate surface area is 117 Å². The van der Waals surface area contributed by atoms with E-state index in [1.807, 2.05) is 25.1 Å². The highest BCUT2D eigenvalue weighted by atomic mass is 79.9. The van der Waals surface area contributed by atoms with Crippen LogP contribution in [0.1, 0.15) is 22.2 Å². The summed E-state index contributed by atoms with van der Waals surface area (Å²) >= 11 is 11.0. The molecule has 1 unspecified atom stereocenters. The molecule has 5 heteroatoms. The highest BCUT2D eigenvalue weighted by Crippen LogP contribution is 2.29. The van der Waals surface area contributed by atoms with Crippen LogP contribution in [0.5, 0.6) is 0 Å². The lowest BCUT2D eigenvalue weighted by Gasteiger charge is -2.11. The van der Waals surface area contributed by atoms with Crippen molar-refractivity contribution >= 4 is 38.9 Å². The molecule has 0 saturated heterocycles. The van der Waals surface area contributed by atoms with Gasteiger partial charge in [0.1, 0.15) is 0 Å². The summed E-state index contributed by atoms with van der Waals surface area (Å²) in [4.78, 5) is 5.04. The van der Waals surface area contributed by atoms with Crippen molar-refractivity contribution in [1.29, 1.82) is 0 Å². The molecular formula is C12H11BrClNOS. The molecule has 2 nitrogen and oxygen atoms in total. The molecule has 1 N–H and O–H groups in total. The summed E-state index contributed by atoms with van der Waals surface area (Å²) in [7, 11) is 0. The topological polar surface area (TPSA) is 33.1 Å². The first-order valence-electron chi connectivity index (χ1n) is 5.10. The van der Waals surface area contributed by atoms with Gasteiger partial charge in [-0.25, -0.2) is 4.98 Å². The number of aryl methyl sites for hydroxylation is 1. The van der Waals surface area contributed by atoms with Gasteiger partial charge in [-0.1, -0.05) is 33.6 Å². The van der Waals surface area contributed by atoms with Crippen LogP contribution in [0.15, 0.2) is 28.2 Å². The van der Waals surface area contributed by atoms with Crippen molar-refractivity contribution in [3.8, 4) is 0 Å². The summed E-state index contributed by atoms with van der Waals surface area (Å²) in [5, 5.41) is 10.8. The molecule has 0 bridgehead atoms. The van der Waals surface area contributed by atoms with Crippen molar-refractivity contribution in [2.75, 3.05) is 0 Å². The van der Waals surface area contributed by atoms with Crippen LogP contribution in [-0.4, -0.2) is 10.1 Å². The Hall–Kier alpha value is -0.420. The van der Waals surface area contributed by atoms with E-state index in [1.54, 1.807) is 5.51 Å². The van der Waals surface area contributed by atoms with E-state index in [-0.39, 0.29) is 0 Å². The number of halogens is 2. The third-order valence-electron chi connectivity index (χ3n) is 2.51. The zero-order valence-electron chi connectivity index (χ0n) is 9.15. The molecular weight excluding hydrogens is 322 g/mol. The quantitative estimate of drug-likeness (QED) is 0.916. The van der Waals surface area contributed by atoms with Crippen LogP contribution >= 0.6 is 38.9 Å². The summed E-state index contributed by atoms with van der Waals surface area (Å²) in [5.74, 6) is 0. The molecule has 0 aliphatic heterocycles. The Morgan fingerprint density at radius 2 is 2.29 bits per heavy atom. The first kappa shape index (κ1) is 13.0. The minimum absolute atomic E-state index is 0.509. The number of rotatable bonds is 3. The van der Waals surface area contributed by atoms with Crippen molar-refractivity contribution in [3.63, 3.8) is 0 Å². The minimum atomic E-state index is -0.541. The number of hydrogen-bond acceptors (Lipinski definition) is 3. The average Bonchev–Trinajstić information content (AvgIpc) is 2.68. The van der Waals surface area contributed by atoms with Crippen LogP contribution in [0.2, 0.25) is 5.02 Å². The van der Waals surface area contributed by atoms with E-state index in [0.29, 0.717) is 11.4 Å². The third kappa shape index (κ3) is 3.07. The van der Waals surface area contributed by atoms with Gasteiger partial charge in [-0.3, -0.25) is 0 Å². The van der Waals surface area contributed by atoms with E-state index < -0.39 is 6.10 Å². The predicted octanol–water partition coefficient (Wildman–Crippen LogP) is 4.14. The number of thiazole rings is 1. The lowest BCUT2D eigenvalue weighted by molar-refractivity contribution is 0.181.